The average molecular weight is 686 g/mol. The normalized spacial score (nSPS) is 21.9. The SMILES string of the molecule is CCOC1CCC(N=C/C(NC(=O)c2csc(-c3cnn(COC(=O)[C@H]4CCCCC4C(=O)O)c3)n2)=C(\N)c2nc(F)ccc2F)CC1. The van der Waals surface area contributed by atoms with Gasteiger partial charge in [-0.2, -0.15) is 9.49 Å². The number of amides is 1. The van der Waals surface area contributed by atoms with E-state index in [0.29, 0.717) is 30.0 Å². The van der Waals surface area contributed by atoms with Gasteiger partial charge in [-0.1, -0.05) is 12.8 Å². The third-order valence-electron chi connectivity index (χ3n) is 8.41. The zero-order chi connectivity index (χ0) is 34.2. The third kappa shape index (κ3) is 8.66. The number of nitrogens with two attached hydrogens (primary N) is 1. The fraction of sp³-hybridized carbons (Fsp3) is 0.469. The van der Waals surface area contributed by atoms with Gasteiger partial charge in [0.05, 0.1) is 41.6 Å². The Morgan fingerprint density at radius 2 is 1.88 bits per heavy atom. The molecule has 0 radical (unpaired) electrons. The van der Waals surface area contributed by atoms with Gasteiger partial charge in [-0.25, -0.2) is 19.0 Å². The van der Waals surface area contributed by atoms with Crippen LogP contribution in [0.25, 0.3) is 16.3 Å². The molecule has 2 saturated carbocycles. The lowest BCUT2D eigenvalue weighted by atomic mass is 9.79. The highest BCUT2D eigenvalue weighted by Gasteiger charge is 2.37. The van der Waals surface area contributed by atoms with Crippen LogP contribution in [0, 0.1) is 23.6 Å². The van der Waals surface area contributed by atoms with Crippen LogP contribution in [0.2, 0.25) is 0 Å². The fourth-order valence-electron chi connectivity index (χ4n) is 5.87. The van der Waals surface area contributed by atoms with Gasteiger partial charge in [0.15, 0.2) is 12.5 Å². The molecule has 16 heteroatoms. The lowest BCUT2D eigenvalue weighted by Gasteiger charge is -2.26. The second-order valence-corrected chi connectivity index (χ2v) is 12.5. The number of esters is 1. The number of aromatic nitrogens is 4. The molecule has 256 valence electrons. The number of hydrogen-bond acceptors (Lipinski definition) is 11. The zero-order valence-electron chi connectivity index (χ0n) is 26.3. The van der Waals surface area contributed by atoms with Gasteiger partial charge in [0, 0.05) is 30.0 Å². The van der Waals surface area contributed by atoms with Crippen molar-refractivity contribution in [3.8, 4) is 10.6 Å². The summed E-state index contributed by atoms with van der Waals surface area (Å²) in [6, 6.07) is 1.69. The molecule has 1 amide bonds. The van der Waals surface area contributed by atoms with Crippen LogP contribution in [-0.4, -0.2) is 67.7 Å². The Labute approximate surface area is 279 Å². The van der Waals surface area contributed by atoms with Crippen molar-refractivity contribution in [2.75, 3.05) is 6.61 Å². The van der Waals surface area contributed by atoms with E-state index in [2.05, 4.69) is 25.4 Å². The first kappa shape index (κ1) is 34.8. The second-order valence-electron chi connectivity index (χ2n) is 11.6. The topological polar surface area (TPSA) is 184 Å². The number of hydrogen-bond donors (Lipinski definition) is 3. The molecule has 0 saturated heterocycles. The number of carbonyl (C=O) groups excluding carboxylic acids is 2. The first-order valence-electron chi connectivity index (χ1n) is 15.8. The highest BCUT2D eigenvalue weighted by atomic mass is 32.1. The lowest BCUT2D eigenvalue weighted by molar-refractivity contribution is -0.162. The van der Waals surface area contributed by atoms with Gasteiger partial charge >= 0.3 is 11.9 Å². The van der Waals surface area contributed by atoms with E-state index in [1.165, 1.54) is 22.5 Å². The number of carboxylic acid groups (broad SMARTS) is 1. The summed E-state index contributed by atoms with van der Waals surface area (Å²) < 4.78 is 40.9. The minimum atomic E-state index is -1.00. The highest BCUT2D eigenvalue weighted by molar-refractivity contribution is 7.13. The molecule has 0 aliphatic heterocycles. The van der Waals surface area contributed by atoms with Crippen LogP contribution in [0.1, 0.15) is 74.5 Å². The molecule has 0 spiro atoms. The van der Waals surface area contributed by atoms with Crippen molar-refractivity contribution >= 4 is 41.1 Å². The summed E-state index contributed by atoms with van der Waals surface area (Å²) in [6.07, 6.45) is 10.1. The minimum absolute atomic E-state index is 0.0229. The van der Waals surface area contributed by atoms with E-state index in [1.807, 2.05) is 6.92 Å². The van der Waals surface area contributed by atoms with E-state index >= 15 is 0 Å². The Bertz CT molecular complexity index is 1680. The maximum absolute atomic E-state index is 14.6. The van der Waals surface area contributed by atoms with E-state index in [4.69, 9.17) is 15.2 Å². The summed E-state index contributed by atoms with van der Waals surface area (Å²) in [5.74, 6) is -5.52. The van der Waals surface area contributed by atoms with Crippen molar-refractivity contribution in [1.29, 1.82) is 0 Å². The molecule has 0 aromatic carbocycles. The number of rotatable bonds is 12. The Balaban J connectivity index is 1.27. The monoisotopic (exact) mass is 685 g/mol. The average Bonchev–Trinajstić information content (AvgIpc) is 3.77. The van der Waals surface area contributed by atoms with Crippen LogP contribution < -0.4 is 11.1 Å². The maximum atomic E-state index is 14.6. The summed E-state index contributed by atoms with van der Waals surface area (Å²) in [5.41, 5.74) is 5.96. The van der Waals surface area contributed by atoms with Crippen molar-refractivity contribution in [3.05, 3.63) is 58.8 Å². The zero-order valence-corrected chi connectivity index (χ0v) is 27.1. The molecule has 5 rings (SSSR count). The van der Waals surface area contributed by atoms with Crippen molar-refractivity contribution in [3.63, 3.8) is 0 Å². The number of pyridine rings is 1. The molecular formula is C32H37F2N7O6S. The van der Waals surface area contributed by atoms with E-state index in [9.17, 15) is 28.3 Å². The van der Waals surface area contributed by atoms with Crippen LogP contribution in [0.3, 0.4) is 0 Å². The Kier molecular flexibility index (Phi) is 11.6. The van der Waals surface area contributed by atoms with Gasteiger partial charge in [-0.05, 0) is 57.6 Å². The van der Waals surface area contributed by atoms with Gasteiger partial charge in [0.1, 0.15) is 16.4 Å². The molecule has 2 atom stereocenters. The standard InChI is InChI=1S/C32H37F2N7O6S/c1-2-46-20-9-7-19(8-10-20)36-14-24(27(35)28-23(33)11-12-26(34)40-28)38-29(42)25-16-48-30(39-25)18-13-37-41(15-18)17-47-32(45)22-6-4-3-5-21(22)31(43)44/h11-16,19-22H,2-10,17,35H2,1H3,(H,38,42)(H,43,44)/b27-24+,36-14?/t19?,20?,21?,22-/m0/s1. The van der Waals surface area contributed by atoms with Gasteiger partial charge in [-0.3, -0.25) is 19.4 Å². The molecule has 3 aromatic heterocycles. The number of halogens is 2. The van der Waals surface area contributed by atoms with Crippen molar-refractivity contribution < 1.29 is 37.7 Å². The van der Waals surface area contributed by atoms with Crippen LogP contribution >= 0.6 is 11.3 Å². The molecular weight excluding hydrogens is 648 g/mol. The summed E-state index contributed by atoms with van der Waals surface area (Å²) in [6.45, 7) is 2.36. The third-order valence-corrected chi connectivity index (χ3v) is 9.30. The largest absolute Gasteiger partial charge is 0.481 e. The van der Waals surface area contributed by atoms with Gasteiger partial charge in [-0.15, -0.1) is 11.3 Å². The van der Waals surface area contributed by atoms with E-state index < -0.39 is 47.1 Å². The number of carbonyl (C=O) groups is 3. The highest BCUT2D eigenvalue weighted by Crippen LogP contribution is 2.31. The molecule has 2 fully saturated rings. The first-order valence-corrected chi connectivity index (χ1v) is 16.7. The van der Waals surface area contributed by atoms with Crippen LogP contribution in [0.4, 0.5) is 8.78 Å². The number of aliphatic imine (C=N–C) groups is 1. The summed E-state index contributed by atoms with van der Waals surface area (Å²) >= 11 is 1.16. The first-order chi connectivity index (χ1) is 23.1. The number of aliphatic carboxylic acids is 1. The van der Waals surface area contributed by atoms with Crippen molar-refractivity contribution in [2.24, 2.45) is 22.6 Å². The molecule has 2 aliphatic rings. The number of carboxylic acids is 1. The van der Waals surface area contributed by atoms with Crippen molar-refractivity contribution in [1.82, 2.24) is 25.1 Å². The molecule has 0 bridgehead atoms. The predicted molar refractivity (Wildman–Crippen MR) is 171 cm³/mol. The number of nitrogens with one attached hydrogen (secondary N) is 1. The molecule has 1 unspecified atom stereocenters. The Morgan fingerprint density at radius 1 is 1.12 bits per heavy atom. The predicted octanol–water partition coefficient (Wildman–Crippen LogP) is 4.55. The summed E-state index contributed by atoms with van der Waals surface area (Å²) in [4.78, 5) is 50.0. The van der Waals surface area contributed by atoms with Crippen LogP contribution in [-0.2, 0) is 25.8 Å². The molecule has 2 aliphatic carbocycles. The maximum Gasteiger partial charge on any atom is 0.311 e. The molecule has 3 heterocycles. The lowest BCUT2D eigenvalue weighted by Crippen LogP contribution is -2.34. The molecule has 3 aromatic rings. The van der Waals surface area contributed by atoms with Gasteiger partial charge in [0.25, 0.3) is 5.91 Å². The van der Waals surface area contributed by atoms with E-state index in [1.54, 1.807) is 6.20 Å². The second kappa shape index (κ2) is 16.0. The molecule has 48 heavy (non-hydrogen) atoms. The van der Waals surface area contributed by atoms with E-state index in [-0.39, 0.29) is 36.0 Å². The minimum Gasteiger partial charge on any atom is -0.481 e. The number of ether oxygens (including phenoxy) is 2. The Morgan fingerprint density at radius 3 is 2.60 bits per heavy atom. The van der Waals surface area contributed by atoms with Gasteiger partial charge < -0.3 is 25.6 Å². The van der Waals surface area contributed by atoms with Crippen LogP contribution in [0.15, 0.2) is 40.6 Å². The van der Waals surface area contributed by atoms with E-state index in [0.717, 1.165) is 62.0 Å². The van der Waals surface area contributed by atoms with Crippen LogP contribution in [0.5, 0.6) is 0 Å². The smallest absolute Gasteiger partial charge is 0.311 e. The summed E-state index contributed by atoms with van der Waals surface area (Å²) in [5, 5.41) is 18.2. The quantitative estimate of drug-likeness (QED) is 0.139. The number of nitrogens with zero attached hydrogens (tertiary/aromatic N) is 5. The number of allylic oxidation sites excluding steroid dienone is 1. The summed E-state index contributed by atoms with van der Waals surface area (Å²) in [7, 11) is 0. The molecule has 4 N–H and O–H groups in total. The molecule has 13 nitrogen and oxygen atoms in total. The van der Waals surface area contributed by atoms with Gasteiger partial charge in [0.2, 0.25) is 5.95 Å². The van der Waals surface area contributed by atoms with Crippen molar-refractivity contribution in [2.45, 2.75) is 77.2 Å². The Hall–Kier alpha value is -4.57. The fourth-order valence-corrected chi connectivity index (χ4v) is 6.64. The number of thiazole rings is 1.